The van der Waals surface area contributed by atoms with Gasteiger partial charge in [-0.1, -0.05) is 11.6 Å². The van der Waals surface area contributed by atoms with Gasteiger partial charge < -0.3 is 10.8 Å². The van der Waals surface area contributed by atoms with E-state index in [4.69, 9.17) is 22.4 Å². The number of aromatic carboxylic acids is 1. The lowest BCUT2D eigenvalue weighted by atomic mass is 10.1. The third kappa shape index (κ3) is 1.74. The maximum Gasteiger partial charge on any atom is 0.342 e. The van der Waals surface area contributed by atoms with E-state index >= 15 is 0 Å². The van der Waals surface area contributed by atoms with Crippen molar-refractivity contribution >= 4 is 28.9 Å². The van der Waals surface area contributed by atoms with E-state index in [2.05, 4.69) is 0 Å². The van der Waals surface area contributed by atoms with Gasteiger partial charge in [0.15, 0.2) is 0 Å². The first-order valence-electron chi connectivity index (χ1n) is 3.40. The second-order valence-electron chi connectivity index (χ2n) is 2.45. The molecule has 6 nitrogen and oxygen atoms in total. The van der Waals surface area contributed by atoms with Crippen LogP contribution in [0.4, 0.5) is 11.4 Å². The number of rotatable bonds is 2. The van der Waals surface area contributed by atoms with Crippen molar-refractivity contribution in [3.63, 3.8) is 0 Å². The molecule has 0 bridgehead atoms. The van der Waals surface area contributed by atoms with E-state index in [0.29, 0.717) is 0 Å². The van der Waals surface area contributed by atoms with Crippen molar-refractivity contribution in [2.75, 3.05) is 5.73 Å². The van der Waals surface area contributed by atoms with Gasteiger partial charge >= 0.3 is 5.97 Å². The molecule has 0 fully saturated rings. The van der Waals surface area contributed by atoms with Gasteiger partial charge in [0.05, 0.1) is 15.6 Å². The molecule has 0 amide bonds. The molecule has 74 valence electrons. The summed E-state index contributed by atoms with van der Waals surface area (Å²) in [7, 11) is 0. The van der Waals surface area contributed by atoms with Gasteiger partial charge in [0.1, 0.15) is 5.56 Å². The highest BCUT2D eigenvalue weighted by molar-refractivity contribution is 6.33. The molecule has 0 radical (unpaired) electrons. The molecule has 0 atom stereocenters. The number of hydrogen-bond acceptors (Lipinski definition) is 4. The molecule has 14 heavy (non-hydrogen) atoms. The number of carboxylic acid groups (broad SMARTS) is 1. The summed E-state index contributed by atoms with van der Waals surface area (Å²) in [6, 6.07) is 1.88. The third-order valence-corrected chi connectivity index (χ3v) is 1.87. The Morgan fingerprint density at radius 2 is 2.14 bits per heavy atom. The fourth-order valence-electron chi connectivity index (χ4n) is 0.902. The van der Waals surface area contributed by atoms with E-state index in [0.717, 1.165) is 12.1 Å². The lowest BCUT2D eigenvalue weighted by molar-refractivity contribution is -0.385. The van der Waals surface area contributed by atoms with Crippen LogP contribution in [0.1, 0.15) is 10.4 Å². The molecule has 0 saturated carbocycles. The van der Waals surface area contributed by atoms with Crippen LogP contribution in [0.15, 0.2) is 12.1 Å². The van der Waals surface area contributed by atoms with Crippen LogP contribution in [0.3, 0.4) is 0 Å². The first-order valence-corrected chi connectivity index (χ1v) is 3.78. The van der Waals surface area contributed by atoms with Gasteiger partial charge in [-0.15, -0.1) is 0 Å². The highest BCUT2D eigenvalue weighted by atomic mass is 35.5. The number of halogens is 1. The smallest absolute Gasteiger partial charge is 0.342 e. The van der Waals surface area contributed by atoms with E-state index in [1.54, 1.807) is 0 Å². The van der Waals surface area contributed by atoms with E-state index in [9.17, 15) is 14.9 Å². The number of nitrogen functional groups attached to an aromatic ring is 1. The van der Waals surface area contributed by atoms with Crippen LogP contribution in [0.2, 0.25) is 5.02 Å². The second-order valence-corrected chi connectivity index (χ2v) is 2.86. The number of nitro groups is 1. The first-order chi connectivity index (χ1) is 6.43. The number of nitrogens with zero attached hydrogens (tertiary/aromatic N) is 1. The molecule has 3 N–H and O–H groups in total. The number of hydrogen-bond donors (Lipinski definition) is 2. The summed E-state index contributed by atoms with van der Waals surface area (Å²) < 4.78 is 0. The van der Waals surface area contributed by atoms with Crippen molar-refractivity contribution in [2.45, 2.75) is 0 Å². The van der Waals surface area contributed by atoms with Crippen molar-refractivity contribution in [3.05, 3.63) is 32.8 Å². The zero-order chi connectivity index (χ0) is 10.9. The highest BCUT2D eigenvalue weighted by Crippen LogP contribution is 2.28. The molecule has 0 heterocycles. The topological polar surface area (TPSA) is 106 Å². The van der Waals surface area contributed by atoms with Crippen LogP contribution in [0.5, 0.6) is 0 Å². The molecule has 0 aliphatic carbocycles. The maximum absolute atomic E-state index is 10.6. The molecule has 1 aromatic carbocycles. The maximum atomic E-state index is 10.6. The molecule has 1 aromatic rings. The standard InChI is InChI=1S/C7H5ClN2O4/c8-4-2-6(10(13)14)3(7(11)12)1-5(4)9/h1-2H,9H2,(H,11,12). The summed E-state index contributed by atoms with van der Waals surface area (Å²) in [6.45, 7) is 0. The summed E-state index contributed by atoms with van der Waals surface area (Å²) in [5, 5.41) is 19.0. The van der Waals surface area contributed by atoms with Crippen LogP contribution in [0, 0.1) is 10.1 Å². The molecule has 0 aromatic heterocycles. The number of carbonyl (C=O) groups is 1. The Balaban J connectivity index is 3.46. The summed E-state index contributed by atoms with van der Waals surface area (Å²) in [4.78, 5) is 20.2. The van der Waals surface area contributed by atoms with Gasteiger partial charge in [0.25, 0.3) is 5.69 Å². The quantitative estimate of drug-likeness (QED) is 0.443. The fourth-order valence-corrected chi connectivity index (χ4v) is 1.06. The summed E-state index contributed by atoms with van der Waals surface area (Å²) in [5.41, 5.74) is 4.26. The van der Waals surface area contributed by atoms with Crippen molar-refractivity contribution in [3.8, 4) is 0 Å². The molecular weight excluding hydrogens is 212 g/mol. The van der Waals surface area contributed by atoms with Gasteiger partial charge in [0, 0.05) is 6.07 Å². The van der Waals surface area contributed by atoms with E-state index < -0.39 is 22.1 Å². The van der Waals surface area contributed by atoms with Crippen molar-refractivity contribution in [1.82, 2.24) is 0 Å². The Morgan fingerprint density at radius 3 is 2.57 bits per heavy atom. The molecule has 1 rings (SSSR count). The Hall–Kier alpha value is -1.82. The van der Waals surface area contributed by atoms with Crippen LogP contribution in [-0.2, 0) is 0 Å². The number of benzene rings is 1. The number of anilines is 1. The Kier molecular flexibility index (Phi) is 2.57. The van der Waals surface area contributed by atoms with Crippen molar-refractivity contribution in [1.29, 1.82) is 0 Å². The molecule has 0 aliphatic rings. The minimum absolute atomic E-state index is 0.00494. The average molecular weight is 217 g/mol. The number of carboxylic acids is 1. The normalized spacial score (nSPS) is 9.79. The van der Waals surface area contributed by atoms with Crippen LogP contribution < -0.4 is 5.73 Å². The molecule has 0 spiro atoms. The van der Waals surface area contributed by atoms with Gasteiger partial charge in [-0.25, -0.2) is 4.79 Å². The second kappa shape index (κ2) is 3.51. The monoisotopic (exact) mass is 216 g/mol. The highest BCUT2D eigenvalue weighted by Gasteiger charge is 2.21. The minimum atomic E-state index is -1.42. The van der Waals surface area contributed by atoms with Gasteiger partial charge in [-0.3, -0.25) is 10.1 Å². The Bertz CT molecular complexity index is 379. The first kappa shape index (κ1) is 10.3. The van der Waals surface area contributed by atoms with Crippen molar-refractivity contribution < 1.29 is 14.8 Å². The average Bonchev–Trinajstić information content (AvgIpc) is 2.08. The van der Waals surface area contributed by atoms with Crippen LogP contribution in [0.25, 0.3) is 0 Å². The fraction of sp³-hybridized carbons (Fsp3) is 0. The lowest BCUT2D eigenvalue weighted by Crippen LogP contribution is -2.04. The van der Waals surface area contributed by atoms with Crippen molar-refractivity contribution in [2.24, 2.45) is 0 Å². The Labute approximate surface area is 83.0 Å². The SMILES string of the molecule is Nc1cc(C(=O)O)c([N+](=O)[O-])cc1Cl. The van der Waals surface area contributed by atoms with Gasteiger partial charge in [0.2, 0.25) is 0 Å². The van der Waals surface area contributed by atoms with E-state index in [1.165, 1.54) is 0 Å². The molecule has 0 unspecified atom stereocenters. The van der Waals surface area contributed by atoms with E-state index in [1.807, 2.05) is 0 Å². The zero-order valence-corrected chi connectivity index (χ0v) is 7.49. The van der Waals surface area contributed by atoms with Crippen LogP contribution >= 0.6 is 11.6 Å². The molecule has 0 aliphatic heterocycles. The van der Waals surface area contributed by atoms with E-state index in [-0.39, 0.29) is 10.7 Å². The largest absolute Gasteiger partial charge is 0.477 e. The number of nitrogens with two attached hydrogens (primary N) is 1. The Morgan fingerprint density at radius 1 is 1.57 bits per heavy atom. The zero-order valence-electron chi connectivity index (χ0n) is 6.73. The van der Waals surface area contributed by atoms with Gasteiger partial charge in [-0.2, -0.15) is 0 Å². The molecular formula is C7H5ClN2O4. The third-order valence-electron chi connectivity index (χ3n) is 1.54. The van der Waals surface area contributed by atoms with Gasteiger partial charge in [-0.05, 0) is 6.07 Å². The number of nitro benzene ring substituents is 1. The van der Waals surface area contributed by atoms with Crippen LogP contribution in [-0.4, -0.2) is 16.0 Å². The predicted molar refractivity (Wildman–Crippen MR) is 49.5 cm³/mol. The lowest BCUT2D eigenvalue weighted by Gasteiger charge is -2.01. The summed E-state index contributed by atoms with van der Waals surface area (Å²) in [6.07, 6.45) is 0. The predicted octanol–water partition coefficient (Wildman–Crippen LogP) is 1.53. The minimum Gasteiger partial charge on any atom is -0.477 e. The summed E-state index contributed by atoms with van der Waals surface area (Å²) in [5.74, 6) is -1.42. The summed E-state index contributed by atoms with van der Waals surface area (Å²) >= 11 is 5.51. The molecule has 7 heteroatoms. The molecule has 0 saturated heterocycles.